The van der Waals surface area contributed by atoms with Crippen LogP contribution in [0.15, 0.2) is 65.1 Å². The molecule has 1 aromatic heterocycles. The Morgan fingerprint density at radius 1 is 0.958 bits per heavy atom. The number of carbonyl (C=O) groups excluding carboxylic acids is 1. The number of hydrogen-bond donors (Lipinski definition) is 0. The smallest absolute Gasteiger partial charge is 0.288 e. The molecule has 0 atom stereocenters. The quantitative estimate of drug-likeness (QED) is 0.454. The average Bonchev–Trinajstić information content (AvgIpc) is 3.03. The minimum absolute atomic E-state index is 0.275. The summed E-state index contributed by atoms with van der Waals surface area (Å²) < 4.78 is 39.9. The zero-order chi connectivity index (χ0) is 17.3. The van der Waals surface area contributed by atoms with E-state index in [1.165, 1.54) is 23.5 Å². The van der Waals surface area contributed by atoms with Gasteiger partial charge in [-0.25, -0.2) is 0 Å². The van der Waals surface area contributed by atoms with E-state index >= 15 is 0 Å². The van der Waals surface area contributed by atoms with Crippen LogP contribution in [-0.2, 0) is 6.18 Å². The molecule has 0 saturated heterocycles. The molecule has 2 aromatic carbocycles. The highest BCUT2D eigenvalue weighted by Crippen LogP contribution is 2.36. The minimum atomic E-state index is -4.58. The topological polar surface area (TPSA) is 17.1 Å². The summed E-state index contributed by atoms with van der Waals surface area (Å²) in [6, 6.07) is 16.1. The summed E-state index contributed by atoms with van der Waals surface area (Å²) in [5.41, 5.74) is -0.351. The Morgan fingerprint density at radius 3 is 2.33 bits per heavy atom. The Kier molecular flexibility index (Phi) is 4.60. The Balaban J connectivity index is 2.02. The van der Waals surface area contributed by atoms with Crippen LogP contribution in [0.25, 0.3) is 10.4 Å². The largest absolute Gasteiger partial charge is 0.417 e. The van der Waals surface area contributed by atoms with E-state index in [1.54, 1.807) is 12.1 Å². The molecule has 122 valence electrons. The molecule has 3 rings (SSSR count). The average molecular weight is 411 g/mol. The van der Waals surface area contributed by atoms with Crippen molar-refractivity contribution in [3.8, 4) is 10.4 Å². The van der Waals surface area contributed by atoms with Gasteiger partial charge in [-0.1, -0.05) is 46.3 Å². The van der Waals surface area contributed by atoms with E-state index in [4.69, 9.17) is 0 Å². The lowest BCUT2D eigenvalue weighted by Crippen LogP contribution is -2.13. The molecule has 0 aliphatic carbocycles. The van der Waals surface area contributed by atoms with E-state index in [2.05, 4.69) is 15.9 Å². The lowest BCUT2D eigenvalue weighted by molar-refractivity contribution is -0.137. The summed E-state index contributed by atoms with van der Waals surface area (Å²) in [5.74, 6) is -0.629. The summed E-state index contributed by atoms with van der Waals surface area (Å²) in [6.45, 7) is 0. The third-order valence-electron chi connectivity index (χ3n) is 3.42. The molecule has 0 saturated carbocycles. The van der Waals surface area contributed by atoms with Crippen LogP contribution in [0.5, 0.6) is 0 Å². The van der Waals surface area contributed by atoms with Crippen molar-refractivity contribution in [1.82, 2.24) is 0 Å². The number of ketones is 1. The zero-order valence-electron chi connectivity index (χ0n) is 12.1. The SMILES string of the molecule is O=C(c1ccc(-c2ccccc2)s1)c1cc(Br)ccc1C(F)(F)F. The Hall–Kier alpha value is -1.92. The molecule has 0 spiro atoms. The van der Waals surface area contributed by atoms with Crippen LogP contribution in [0.3, 0.4) is 0 Å². The Morgan fingerprint density at radius 2 is 1.67 bits per heavy atom. The van der Waals surface area contributed by atoms with Gasteiger partial charge < -0.3 is 0 Å². The highest BCUT2D eigenvalue weighted by molar-refractivity contribution is 9.10. The fraction of sp³-hybridized carbons (Fsp3) is 0.0556. The zero-order valence-corrected chi connectivity index (χ0v) is 14.5. The summed E-state index contributed by atoms with van der Waals surface area (Å²) in [5, 5.41) is 0. The molecule has 0 amide bonds. The van der Waals surface area contributed by atoms with E-state index in [9.17, 15) is 18.0 Å². The van der Waals surface area contributed by atoms with Gasteiger partial charge in [-0.15, -0.1) is 11.3 Å². The van der Waals surface area contributed by atoms with E-state index in [0.29, 0.717) is 4.47 Å². The van der Waals surface area contributed by atoms with E-state index in [-0.39, 0.29) is 10.4 Å². The highest BCUT2D eigenvalue weighted by Gasteiger charge is 2.35. The van der Waals surface area contributed by atoms with Gasteiger partial charge in [-0.2, -0.15) is 13.2 Å². The van der Waals surface area contributed by atoms with Gasteiger partial charge in [0.1, 0.15) is 0 Å². The van der Waals surface area contributed by atoms with Gasteiger partial charge in [0, 0.05) is 14.9 Å². The van der Waals surface area contributed by atoms with Gasteiger partial charge >= 0.3 is 6.18 Å². The number of rotatable bonds is 3. The normalized spacial score (nSPS) is 11.5. The van der Waals surface area contributed by atoms with Crippen LogP contribution in [0.4, 0.5) is 13.2 Å². The van der Waals surface area contributed by atoms with Crippen LogP contribution in [-0.4, -0.2) is 5.78 Å². The van der Waals surface area contributed by atoms with Gasteiger partial charge in [0.15, 0.2) is 0 Å². The number of hydrogen-bond acceptors (Lipinski definition) is 2. The van der Waals surface area contributed by atoms with Crippen LogP contribution in [0, 0.1) is 0 Å². The van der Waals surface area contributed by atoms with Crippen LogP contribution >= 0.6 is 27.3 Å². The monoisotopic (exact) mass is 410 g/mol. The second kappa shape index (κ2) is 6.53. The molecule has 0 fully saturated rings. The maximum absolute atomic E-state index is 13.2. The molecular formula is C18H10BrF3OS. The molecule has 0 aliphatic rings. The van der Waals surface area contributed by atoms with Crippen molar-refractivity contribution in [3.63, 3.8) is 0 Å². The van der Waals surface area contributed by atoms with Crippen molar-refractivity contribution < 1.29 is 18.0 Å². The van der Waals surface area contributed by atoms with Crippen molar-refractivity contribution in [2.24, 2.45) is 0 Å². The van der Waals surface area contributed by atoms with E-state index < -0.39 is 17.5 Å². The Bertz CT molecular complexity index is 885. The molecule has 0 radical (unpaired) electrons. The predicted octanol–water partition coefficient (Wildman–Crippen LogP) is 6.43. The van der Waals surface area contributed by atoms with E-state index in [0.717, 1.165) is 16.5 Å². The first kappa shape index (κ1) is 16.9. The minimum Gasteiger partial charge on any atom is -0.288 e. The first-order valence-electron chi connectivity index (χ1n) is 6.93. The molecule has 0 bridgehead atoms. The number of halogens is 4. The molecule has 24 heavy (non-hydrogen) atoms. The van der Waals surface area contributed by atoms with Crippen molar-refractivity contribution in [2.75, 3.05) is 0 Å². The maximum atomic E-state index is 13.2. The van der Waals surface area contributed by atoms with Gasteiger partial charge in [-0.3, -0.25) is 4.79 Å². The second-order valence-corrected chi connectivity index (χ2v) is 7.05. The van der Waals surface area contributed by atoms with Gasteiger partial charge in [0.25, 0.3) is 0 Å². The van der Waals surface area contributed by atoms with Crippen LogP contribution in [0.2, 0.25) is 0 Å². The predicted molar refractivity (Wildman–Crippen MR) is 92.3 cm³/mol. The fourth-order valence-corrected chi connectivity index (χ4v) is 3.63. The molecule has 0 aliphatic heterocycles. The number of carbonyl (C=O) groups is 1. The molecular weight excluding hydrogens is 401 g/mol. The number of thiophene rings is 1. The number of alkyl halides is 3. The van der Waals surface area contributed by atoms with Crippen LogP contribution < -0.4 is 0 Å². The fourth-order valence-electron chi connectivity index (χ4n) is 2.30. The van der Waals surface area contributed by atoms with Gasteiger partial charge in [0.2, 0.25) is 5.78 Å². The van der Waals surface area contributed by atoms with Crippen molar-refractivity contribution in [1.29, 1.82) is 0 Å². The van der Waals surface area contributed by atoms with E-state index in [1.807, 2.05) is 30.3 Å². The summed E-state index contributed by atoms with van der Waals surface area (Å²) in [6.07, 6.45) is -4.58. The lowest BCUT2D eigenvalue weighted by atomic mass is 10.0. The molecule has 3 aromatic rings. The second-order valence-electron chi connectivity index (χ2n) is 5.05. The number of benzene rings is 2. The van der Waals surface area contributed by atoms with Crippen molar-refractivity contribution in [2.45, 2.75) is 6.18 Å². The first-order valence-corrected chi connectivity index (χ1v) is 8.54. The summed E-state index contributed by atoms with van der Waals surface area (Å²) in [7, 11) is 0. The van der Waals surface area contributed by atoms with Gasteiger partial charge in [0.05, 0.1) is 10.4 Å². The third kappa shape index (κ3) is 3.44. The lowest BCUT2D eigenvalue weighted by Gasteiger charge is -2.11. The van der Waals surface area contributed by atoms with Gasteiger partial charge in [-0.05, 0) is 35.9 Å². The summed E-state index contributed by atoms with van der Waals surface area (Å²) >= 11 is 4.31. The molecule has 1 nitrogen and oxygen atoms in total. The van der Waals surface area contributed by atoms with Crippen molar-refractivity contribution in [3.05, 3.63) is 81.1 Å². The molecule has 0 unspecified atom stereocenters. The standard InChI is InChI=1S/C18H10BrF3OS/c19-12-6-7-14(18(20,21)22)13(10-12)17(23)16-9-8-15(24-16)11-4-2-1-3-5-11/h1-10H. The van der Waals surface area contributed by atoms with Crippen molar-refractivity contribution >= 4 is 33.0 Å². The third-order valence-corrected chi connectivity index (χ3v) is 5.05. The molecule has 0 N–H and O–H groups in total. The Labute approximate surface area is 148 Å². The first-order chi connectivity index (χ1) is 11.4. The molecule has 6 heteroatoms. The maximum Gasteiger partial charge on any atom is 0.417 e. The summed E-state index contributed by atoms with van der Waals surface area (Å²) in [4.78, 5) is 13.7. The van der Waals surface area contributed by atoms with Crippen LogP contribution in [0.1, 0.15) is 20.8 Å². The molecule has 1 heterocycles. The highest BCUT2D eigenvalue weighted by atomic mass is 79.9.